The molecule has 0 saturated heterocycles. The van der Waals surface area contributed by atoms with Gasteiger partial charge in [-0.05, 0) is 98.7 Å². The third-order valence-corrected chi connectivity index (χ3v) is 12.4. The van der Waals surface area contributed by atoms with E-state index in [1.807, 2.05) is 6.92 Å². The van der Waals surface area contributed by atoms with Crippen molar-refractivity contribution in [3.63, 3.8) is 0 Å². The quantitative estimate of drug-likeness (QED) is 0.260. The molecule has 0 heterocycles. The summed E-state index contributed by atoms with van der Waals surface area (Å²) in [5.41, 5.74) is 4.15. The van der Waals surface area contributed by atoms with Gasteiger partial charge in [0.25, 0.3) is 0 Å². The van der Waals surface area contributed by atoms with Gasteiger partial charge >= 0.3 is 5.97 Å². The van der Waals surface area contributed by atoms with E-state index in [0.717, 1.165) is 19.3 Å². The number of esters is 1. The maximum absolute atomic E-state index is 13.0. The fourth-order valence-corrected chi connectivity index (χ4v) is 10.2. The van der Waals surface area contributed by atoms with Crippen molar-refractivity contribution in [2.24, 2.45) is 45.3 Å². The van der Waals surface area contributed by atoms with E-state index in [1.165, 1.54) is 51.4 Å². The van der Waals surface area contributed by atoms with Gasteiger partial charge in [0.15, 0.2) is 0 Å². The Hall–Kier alpha value is -1.12. The molecule has 0 radical (unpaired) electrons. The first-order valence-corrected chi connectivity index (χ1v) is 15.1. The van der Waals surface area contributed by atoms with Crippen molar-refractivity contribution in [3.8, 4) is 0 Å². The Morgan fingerprint density at radius 2 is 1.58 bits per heavy atom. The van der Waals surface area contributed by atoms with Crippen molar-refractivity contribution >= 4 is 11.8 Å². The highest BCUT2D eigenvalue weighted by molar-refractivity contribution is 5.78. The predicted octanol–water partition coefficient (Wildman–Crippen LogP) is 8.70. The van der Waals surface area contributed by atoms with Gasteiger partial charge in [-0.2, -0.15) is 0 Å². The van der Waals surface area contributed by atoms with Gasteiger partial charge in [0.05, 0.1) is 0 Å². The van der Waals surface area contributed by atoms with Crippen LogP contribution in [0, 0.1) is 45.3 Å². The standard InChI is InChI=1S/C33H54O3/c1-21(2)11-10-12-24(22(3)34)25-15-19-33(9)27-13-14-28-30(5,6)29(36-23(4)35)17-18-31(28,7)26(27)16-20-32(25,33)8/h21,24-25,28-29H,10-20H2,1-9H3/t24?,25?,28?,29-,31?,32?,33?/m1/s1. The van der Waals surface area contributed by atoms with Crippen molar-refractivity contribution in [1.29, 1.82) is 0 Å². The van der Waals surface area contributed by atoms with Gasteiger partial charge < -0.3 is 4.74 Å². The van der Waals surface area contributed by atoms with Crippen molar-refractivity contribution in [2.45, 2.75) is 139 Å². The van der Waals surface area contributed by atoms with E-state index >= 15 is 0 Å². The van der Waals surface area contributed by atoms with Crippen molar-refractivity contribution in [2.75, 3.05) is 0 Å². The maximum Gasteiger partial charge on any atom is 0.302 e. The molecule has 6 unspecified atom stereocenters. The van der Waals surface area contributed by atoms with Crippen LogP contribution in [-0.4, -0.2) is 17.9 Å². The molecule has 2 saturated carbocycles. The Labute approximate surface area is 221 Å². The number of ether oxygens (including phenoxy) is 1. The highest BCUT2D eigenvalue weighted by Crippen LogP contribution is 2.72. The SMILES string of the molecule is CC(=O)O[C@@H]1CCC2(C)C3=C(CCC2C1(C)C)C1(C)CCC(C(CCCC(C)C)C(C)=O)C1(C)CC3. The third kappa shape index (κ3) is 4.23. The summed E-state index contributed by atoms with van der Waals surface area (Å²) in [5, 5.41) is 0. The molecule has 0 spiro atoms. The average molecular weight is 499 g/mol. The zero-order valence-electron chi connectivity index (χ0n) is 24.9. The molecule has 0 aromatic rings. The number of carbonyl (C=O) groups excluding carboxylic acids is 2. The number of ketones is 1. The highest BCUT2D eigenvalue weighted by Gasteiger charge is 2.64. The topological polar surface area (TPSA) is 43.4 Å². The minimum absolute atomic E-state index is 0.00674. The van der Waals surface area contributed by atoms with Crippen LogP contribution in [0.25, 0.3) is 0 Å². The van der Waals surface area contributed by atoms with Crippen LogP contribution in [0.4, 0.5) is 0 Å². The summed E-state index contributed by atoms with van der Waals surface area (Å²) >= 11 is 0. The van der Waals surface area contributed by atoms with Gasteiger partial charge in [-0.15, -0.1) is 0 Å². The van der Waals surface area contributed by atoms with Gasteiger partial charge in [0.1, 0.15) is 11.9 Å². The molecule has 3 heteroatoms. The molecule has 0 amide bonds. The Morgan fingerprint density at radius 3 is 2.19 bits per heavy atom. The number of carbonyl (C=O) groups is 2. The summed E-state index contributed by atoms with van der Waals surface area (Å²) in [6, 6.07) is 0. The molecular formula is C33H54O3. The van der Waals surface area contributed by atoms with Crippen LogP contribution in [-0.2, 0) is 14.3 Å². The fourth-order valence-electron chi connectivity index (χ4n) is 10.2. The molecule has 0 aromatic carbocycles. The Balaban J connectivity index is 1.65. The molecule has 0 N–H and O–H groups in total. The number of hydrogen-bond acceptors (Lipinski definition) is 3. The van der Waals surface area contributed by atoms with E-state index < -0.39 is 0 Å². The van der Waals surface area contributed by atoms with Crippen LogP contribution in [0.3, 0.4) is 0 Å². The van der Waals surface area contributed by atoms with Crippen molar-refractivity contribution in [3.05, 3.63) is 11.1 Å². The second-order valence-electron chi connectivity index (χ2n) is 14.9. The van der Waals surface area contributed by atoms with Gasteiger partial charge in [0.2, 0.25) is 0 Å². The molecular weight excluding hydrogens is 444 g/mol. The number of rotatable bonds is 7. The molecule has 2 fully saturated rings. The highest BCUT2D eigenvalue weighted by atomic mass is 16.5. The maximum atomic E-state index is 13.0. The average Bonchev–Trinajstić information content (AvgIpc) is 3.04. The lowest BCUT2D eigenvalue weighted by atomic mass is 9.43. The van der Waals surface area contributed by atoms with Gasteiger partial charge in [0, 0.05) is 18.3 Å². The predicted molar refractivity (Wildman–Crippen MR) is 147 cm³/mol. The number of hydrogen-bond donors (Lipinski definition) is 0. The Bertz CT molecular complexity index is 912. The van der Waals surface area contributed by atoms with Crippen LogP contribution in [0.15, 0.2) is 11.1 Å². The molecule has 0 aromatic heterocycles. The first-order valence-electron chi connectivity index (χ1n) is 15.1. The minimum Gasteiger partial charge on any atom is -0.462 e. The second-order valence-corrected chi connectivity index (χ2v) is 14.9. The summed E-state index contributed by atoms with van der Waals surface area (Å²) in [7, 11) is 0. The largest absolute Gasteiger partial charge is 0.462 e. The van der Waals surface area contributed by atoms with Crippen LogP contribution >= 0.6 is 0 Å². The fraction of sp³-hybridized carbons (Fsp3) is 0.879. The number of allylic oxidation sites excluding steroid dienone is 2. The van der Waals surface area contributed by atoms with Crippen LogP contribution < -0.4 is 0 Å². The first kappa shape index (κ1) is 27.9. The van der Waals surface area contributed by atoms with E-state index in [4.69, 9.17) is 4.74 Å². The molecule has 4 rings (SSSR count). The van der Waals surface area contributed by atoms with Crippen molar-refractivity contribution in [1.82, 2.24) is 0 Å². The minimum atomic E-state index is -0.140. The normalized spacial score (nSPS) is 40.3. The summed E-state index contributed by atoms with van der Waals surface area (Å²) in [4.78, 5) is 24.8. The first-order chi connectivity index (χ1) is 16.7. The molecule has 36 heavy (non-hydrogen) atoms. The van der Waals surface area contributed by atoms with Gasteiger partial charge in [-0.25, -0.2) is 0 Å². The van der Waals surface area contributed by atoms with Crippen LogP contribution in [0.1, 0.15) is 133 Å². The summed E-state index contributed by atoms with van der Waals surface area (Å²) in [5.74, 6) is 2.29. The zero-order chi connectivity index (χ0) is 26.7. The monoisotopic (exact) mass is 498 g/mol. The van der Waals surface area contributed by atoms with E-state index in [0.29, 0.717) is 23.5 Å². The zero-order valence-corrected chi connectivity index (χ0v) is 24.9. The molecule has 4 aliphatic rings. The summed E-state index contributed by atoms with van der Waals surface area (Å²) in [6.07, 6.45) is 12.8. The second kappa shape index (κ2) is 9.57. The van der Waals surface area contributed by atoms with E-state index in [1.54, 1.807) is 18.1 Å². The molecule has 204 valence electrons. The molecule has 3 nitrogen and oxygen atoms in total. The Kier molecular flexibility index (Phi) is 7.41. The van der Waals surface area contributed by atoms with E-state index in [2.05, 4.69) is 48.5 Å². The number of Topliss-reactive ketones (excluding diaryl/α,β-unsaturated/α-hetero) is 1. The molecule has 4 aliphatic carbocycles. The van der Waals surface area contributed by atoms with E-state index in [-0.39, 0.29) is 39.7 Å². The van der Waals surface area contributed by atoms with E-state index in [9.17, 15) is 9.59 Å². The lowest BCUT2D eigenvalue weighted by Crippen LogP contribution is -2.56. The summed E-state index contributed by atoms with van der Waals surface area (Å²) in [6.45, 7) is 20.4. The smallest absolute Gasteiger partial charge is 0.302 e. The summed E-state index contributed by atoms with van der Waals surface area (Å²) < 4.78 is 5.86. The van der Waals surface area contributed by atoms with Crippen LogP contribution in [0.2, 0.25) is 0 Å². The van der Waals surface area contributed by atoms with Gasteiger partial charge in [-0.3, -0.25) is 9.59 Å². The third-order valence-electron chi connectivity index (χ3n) is 12.4. The Morgan fingerprint density at radius 1 is 0.889 bits per heavy atom. The van der Waals surface area contributed by atoms with Crippen LogP contribution in [0.5, 0.6) is 0 Å². The number of fused-ring (bicyclic) bond motifs is 4. The van der Waals surface area contributed by atoms with Gasteiger partial charge in [-0.1, -0.05) is 72.5 Å². The lowest BCUT2D eigenvalue weighted by molar-refractivity contribution is -0.167. The molecule has 0 bridgehead atoms. The lowest BCUT2D eigenvalue weighted by Gasteiger charge is -2.62. The molecule has 0 aliphatic heterocycles. The molecule has 7 atom stereocenters. The van der Waals surface area contributed by atoms with Crippen molar-refractivity contribution < 1.29 is 14.3 Å².